The molecule has 12 nitrogen and oxygen atoms in total. The molecule has 2 aliphatic heterocycles. The Morgan fingerprint density at radius 2 is 1.82 bits per heavy atom. The van der Waals surface area contributed by atoms with Gasteiger partial charge in [0.15, 0.2) is 11.9 Å². The summed E-state index contributed by atoms with van der Waals surface area (Å²) in [6.07, 6.45) is 0.932. The van der Waals surface area contributed by atoms with Crippen molar-refractivity contribution in [1.29, 1.82) is 0 Å². The zero-order chi connectivity index (χ0) is 41.8. The van der Waals surface area contributed by atoms with Crippen molar-refractivity contribution in [1.82, 2.24) is 19.9 Å². The molecule has 0 spiro atoms. The van der Waals surface area contributed by atoms with E-state index >= 15 is 0 Å². The van der Waals surface area contributed by atoms with E-state index in [0.29, 0.717) is 72.0 Å². The number of fused-ring (bicyclic) bond motifs is 7. The van der Waals surface area contributed by atoms with Gasteiger partial charge in [-0.3, -0.25) is 0 Å². The van der Waals surface area contributed by atoms with Crippen LogP contribution < -0.4 is 23.7 Å². The molecular formula is C45H38ClFN4O8S. The van der Waals surface area contributed by atoms with Crippen LogP contribution in [0.3, 0.4) is 0 Å². The van der Waals surface area contributed by atoms with Crippen LogP contribution in [0.4, 0.5) is 4.39 Å². The van der Waals surface area contributed by atoms with E-state index in [-0.39, 0.29) is 44.5 Å². The SMILES string of the molecule is CCOC(=O)[C@H]1Cc2cc(ccc2OCc2ccnc(-c3ccccc3OC)n2)O[C@@H](CO)COc2ccc(c(C)c2Cl)-c2c(-c3ccc(F)cc3)sc3ncnc(c23)O1. The van der Waals surface area contributed by atoms with Crippen LogP contribution in [0.2, 0.25) is 5.02 Å². The Morgan fingerprint density at radius 1 is 0.983 bits per heavy atom. The number of ether oxygens (including phenoxy) is 6. The maximum atomic E-state index is 14.2. The van der Waals surface area contributed by atoms with E-state index in [9.17, 15) is 14.3 Å². The van der Waals surface area contributed by atoms with Crippen molar-refractivity contribution in [3.63, 3.8) is 0 Å². The highest BCUT2D eigenvalue weighted by molar-refractivity contribution is 7.22. The number of thiophene rings is 1. The summed E-state index contributed by atoms with van der Waals surface area (Å²) in [5.74, 6) is 1.36. The van der Waals surface area contributed by atoms with Crippen LogP contribution in [-0.2, 0) is 22.6 Å². The minimum absolute atomic E-state index is 0.0421. The van der Waals surface area contributed by atoms with Gasteiger partial charge >= 0.3 is 5.97 Å². The van der Waals surface area contributed by atoms with Gasteiger partial charge in [0.2, 0.25) is 12.0 Å². The number of rotatable bonds is 9. The molecule has 0 saturated carbocycles. The van der Waals surface area contributed by atoms with Crippen LogP contribution in [-0.4, -0.2) is 70.2 Å². The van der Waals surface area contributed by atoms with Gasteiger partial charge in [0.1, 0.15) is 53.2 Å². The van der Waals surface area contributed by atoms with Gasteiger partial charge in [-0.2, -0.15) is 0 Å². The van der Waals surface area contributed by atoms with Gasteiger partial charge in [-0.1, -0.05) is 41.9 Å². The Balaban J connectivity index is 1.24. The highest BCUT2D eigenvalue weighted by Gasteiger charge is 2.30. The number of aliphatic hydroxyl groups is 1. The molecule has 306 valence electrons. The molecule has 0 aliphatic carbocycles. The Labute approximate surface area is 353 Å². The number of carbonyl (C=O) groups is 1. The first-order valence-electron chi connectivity index (χ1n) is 19.0. The smallest absolute Gasteiger partial charge is 0.347 e. The lowest BCUT2D eigenvalue weighted by molar-refractivity contribution is -0.151. The predicted octanol–water partition coefficient (Wildman–Crippen LogP) is 8.86. The fourth-order valence-corrected chi connectivity index (χ4v) is 8.23. The predicted molar refractivity (Wildman–Crippen MR) is 225 cm³/mol. The number of halogens is 2. The van der Waals surface area contributed by atoms with Crippen molar-refractivity contribution in [2.24, 2.45) is 0 Å². The van der Waals surface area contributed by atoms with E-state index in [2.05, 4.69) is 15.0 Å². The molecule has 9 rings (SSSR count). The largest absolute Gasteiger partial charge is 0.496 e. The Morgan fingerprint density at radius 3 is 2.62 bits per heavy atom. The second-order valence-corrected chi connectivity index (χ2v) is 15.0. The first kappa shape index (κ1) is 40.4. The number of para-hydroxylation sites is 1. The fourth-order valence-electron chi connectivity index (χ4n) is 6.86. The molecule has 2 atom stereocenters. The second-order valence-electron chi connectivity index (χ2n) is 13.6. The van der Waals surface area contributed by atoms with Gasteiger partial charge in [0.25, 0.3) is 0 Å². The van der Waals surface area contributed by atoms with Crippen molar-refractivity contribution in [3.05, 3.63) is 125 Å². The number of nitrogens with zero attached hydrogens (tertiary/aromatic N) is 4. The van der Waals surface area contributed by atoms with Crippen molar-refractivity contribution in [2.75, 3.05) is 26.9 Å². The van der Waals surface area contributed by atoms with Gasteiger partial charge in [0, 0.05) is 28.6 Å². The van der Waals surface area contributed by atoms with Crippen molar-refractivity contribution >= 4 is 39.1 Å². The topological polar surface area (TPSA) is 144 Å². The van der Waals surface area contributed by atoms with Crippen molar-refractivity contribution < 1.29 is 42.7 Å². The number of hydrogen-bond donors (Lipinski definition) is 1. The molecule has 15 heteroatoms. The molecule has 3 aromatic heterocycles. The van der Waals surface area contributed by atoms with E-state index in [1.807, 2.05) is 37.3 Å². The van der Waals surface area contributed by atoms with Gasteiger partial charge < -0.3 is 33.5 Å². The summed E-state index contributed by atoms with van der Waals surface area (Å²) in [5, 5.41) is 11.2. The first-order valence-corrected chi connectivity index (χ1v) is 20.2. The third-order valence-electron chi connectivity index (χ3n) is 9.79. The molecule has 4 aromatic carbocycles. The summed E-state index contributed by atoms with van der Waals surface area (Å²) in [6, 6.07) is 24.1. The lowest BCUT2D eigenvalue weighted by atomic mass is 9.96. The maximum absolute atomic E-state index is 14.2. The van der Waals surface area contributed by atoms with Crippen LogP contribution in [0.5, 0.6) is 28.9 Å². The van der Waals surface area contributed by atoms with Crippen LogP contribution >= 0.6 is 22.9 Å². The number of carbonyl (C=O) groups excluding carboxylic acids is 1. The van der Waals surface area contributed by atoms with Gasteiger partial charge in [-0.15, -0.1) is 11.3 Å². The Hall–Kier alpha value is -6.35. The molecule has 2 aliphatic rings. The Bertz CT molecular complexity index is 2680. The molecule has 4 bridgehead atoms. The third kappa shape index (κ3) is 8.39. The number of benzene rings is 4. The highest BCUT2D eigenvalue weighted by Crippen LogP contribution is 2.49. The number of methoxy groups -OCH3 is 1. The molecule has 5 heterocycles. The van der Waals surface area contributed by atoms with E-state index < -0.39 is 18.2 Å². The minimum Gasteiger partial charge on any atom is -0.496 e. The van der Waals surface area contributed by atoms with Crippen molar-refractivity contribution in [3.8, 4) is 61.8 Å². The molecule has 0 saturated heterocycles. The van der Waals surface area contributed by atoms with E-state index in [4.69, 9.17) is 45.0 Å². The lowest BCUT2D eigenvalue weighted by Gasteiger charge is -2.21. The minimum atomic E-state index is -1.24. The number of esters is 1. The molecule has 60 heavy (non-hydrogen) atoms. The highest BCUT2D eigenvalue weighted by atomic mass is 35.5. The molecule has 7 aromatic rings. The average molecular weight is 849 g/mol. The van der Waals surface area contributed by atoms with E-state index in [0.717, 1.165) is 16.0 Å². The van der Waals surface area contributed by atoms with Crippen LogP contribution in [0, 0.1) is 12.7 Å². The summed E-state index contributed by atoms with van der Waals surface area (Å²) in [5.41, 5.74) is 4.63. The molecule has 0 radical (unpaired) electrons. The quantitative estimate of drug-likeness (QED) is 0.139. The molecule has 0 fully saturated rings. The number of aromatic nitrogens is 4. The zero-order valence-electron chi connectivity index (χ0n) is 32.7. The Kier molecular flexibility index (Phi) is 12.0. The molecule has 0 unspecified atom stereocenters. The van der Waals surface area contributed by atoms with Gasteiger partial charge in [-0.25, -0.2) is 29.1 Å². The maximum Gasteiger partial charge on any atom is 0.347 e. The van der Waals surface area contributed by atoms with Crippen LogP contribution in [0.25, 0.3) is 43.2 Å². The number of aliphatic hydroxyl groups excluding tert-OH is 1. The summed E-state index contributed by atoms with van der Waals surface area (Å²) in [7, 11) is 1.59. The van der Waals surface area contributed by atoms with Gasteiger partial charge in [0.05, 0.1) is 42.0 Å². The standard InChI is InChI=1S/C45H38ClFN4O8S/c1-4-55-45(53)37-20-27-19-30(13-15-34(27)56-22-29-17-18-48-42(51-29)33-7-5-6-8-35(33)54-3)58-31(21-52)23-57-36-16-14-32(25(2)40(36)46)38-39-43(59-37)49-24-50-44(39)60-41(38)26-9-11-28(47)12-10-26/h5-19,24,31,37,52H,4,20-23H2,1-3H3/t31-,37+/m0/s1. The van der Waals surface area contributed by atoms with Gasteiger partial charge in [-0.05, 0) is 85.1 Å². The normalized spacial score (nSPS) is 15.0. The number of hydrogen-bond acceptors (Lipinski definition) is 13. The average Bonchev–Trinajstić information content (AvgIpc) is 3.66. The molecule has 1 N–H and O–H groups in total. The molecular weight excluding hydrogens is 811 g/mol. The van der Waals surface area contributed by atoms with E-state index in [1.165, 1.54) is 29.8 Å². The monoisotopic (exact) mass is 848 g/mol. The first-order chi connectivity index (χ1) is 29.2. The van der Waals surface area contributed by atoms with Crippen LogP contribution in [0.15, 0.2) is 97.5 Å². The fraction of sp³-hybridized carbons (Fsp3) is 0.222. The summed E-state index contributed by atoms with van der Waals surface area (Å²) in [6.45, 7) is 3.29. The van der Waals surface area contributed by atoms with E-state index in [1.54, 1.807) is 62.7 Å². The van der Waals surface area contributed by atoms with Crippen molar-refractivity contribution in [2.45, 2.75) is 39.1 Å². The summed E-state index contributed by atoms with van der Waals surface area (Å²) >= 11 is 8.37. The third-order valence-corrected chi connectivity index (χ3v) is 11.4. The van der Waals surface area contributed by atoms with Crippen LogP contribution in [0.1, 0.15) is 23.7 Å². The second kappa shape index (κ2) is 17.9. The summed E-state index contributed by atoms with van der Waals surface area (Å²) < 4.78 is 50.7. The zero-order valence-corrected chi connectivity index (χ0v) is 34.3. The molecule has 0 amide bonds. The lowest BCUT2D eigenvalue weighted by Crippen LogP contribution is -2.32. The summed E-state index contributed by atoms with van der Waals surface area (Å²) in [4.78, 5) is 33.6.